The fourth-order valence-corrected chi connectivity index (χ4v) is 3.45. The Labute approximate surface area is 347 Å². The zero-order chi connectivity index (χ0) is 49.3. The van der Waals surface area contributed by atoms with Gasteiger partial charge in [-0.3, -0.25) is 0 Å². The minimum absolute atomic E-state index is 0.379. The molecule has 20 atom stereocenters. The van der Waals surface area contributed by atoms with Crippen LogP contribution in [0.5, 0.6) is 0 Å². The predicted molar refractivity (Wildman–Crippen MR) is 194 cm³/mol. The molecule has 0 rings (SSSR count). The summed E-state index contributed by atoms with van der Waals surface area (Å²) in [6, 6.07) is 0. The fourth-order valence-electron chi connectivity index (χ4n) is 3.45. The lowest BCUT2D eigenvalue weighted by Crippen LogP contribution is -2.47. The van der Waals surface area contributed by atoms with Gasteiger partial charge in [-0.2, -0.15) is 0 Å². The van der Waals surface area contributed by atoms with Crippen molar-refractivity contribution in [2.75, 3.05) is 66.1 Å². The first-order chi connectivity index (χ1) is 28.2. The van der Waals surface area contributed by atoms with Crippen LogP contribution in [0.25, 0.3) is 0 Å². The average Bonchev–Trinajstić information content (AvgIpc) is 3.29. The molecule has 0 aromatic heterocycles. The van der Waals surface area contributed by atoms with Crippen molar-refractivity contribution in [1.29, 1.82) is 0 Å². The summed E-state index contributed by atoms with van der Waals surface area (Å²) >= 11 is 0. The van der Waals surface area contributed by atoms with Crippen molar-refractivity contribution < 1.29 is 153 Å². The maximum Gasteiger partial charge on any atom is 0.111 e. The van der Waals surface area contributed by atoms with Crippen LogP contribution in [0.4, 0.5) is 0 Å². The molecule has 0 amide bonds. The van der Waals surface area contributed by atoms with Gasteiger partial charge in [-0.1, -0.05) is 0 Å². The second kappa shape index (κ2) is 40.3. The van der Waals surface area contributed by atoms with E-state index in [-0.39, 0.29) is 6.61 Å². The molecule has 0 saturated heterocycles. The molecule has 0 radical (unpaired) electrons. The molecule has 376 valence electrons. The van der Waals surface area contributed by atoms with E-state index in [9.17, 15) is 0 Å². The van der Waals surface area contributed by atoms with Crippen LogP contribution in [-0.4, -0.2) is 336 Å². The lowest BCUT2D eigenvalue weighted by atomic mass is 10.0. The molecule has 0 aliphatic heterocycles. The van der Waals surface area contributed by atoms with Crippen LogP contribution >= 0.6 is 0 Å². The third kappa shape index (κ3) is 29.8. The van der Waals surface area contributed by atoms with Crippen molar-refractivity contribution in [1.82, 2.24) is 0 Å². The molecule has 0 aromatic rings. The first-order valence-electron chi connectivity index (χ1n) is 17.6. The number of rotatable bonds is 26. The maximum absolute atomic E-state index is 9.11. The Kier molecular flexibility index (Phi) is 45.4. The summed E-state index contributed by atoms with van der Waals surface area (Å²) in [5.74, 6) is 4.61. The van der Waals surface area contributed by atoms with Crippen molar-refractivity contribution in [2.24, 2.45) is 5.90 Å². The molecule has 31 nitrogen and oxygen atoms in total. The van der Waals surface area contributed by atoms with Crippen molar-refractivity contribution in [3.63, 3.8) is 0 Å². The van der Waals surface area contributed by atoms with E-state index in [1.807, 2.05) is 0 Å². The fraction of sp³-hybridized carbons (Fsp3) is 1.00. The van der Waals surface area contributed by atoms with Gasteiger partial charge in [0.1, 0.15) is 122 Å². The summed E-state index contributed by atoms with van der Waals surface area (Å²) in [6.45, 7) is -6.90. The first kappa shape index (κ1) is 68.8. The second-order valence-corrected chi connectivity index (χ2v) is 12.6. The first-order valence-corrected chi connectivity index (χ1v) is 17.6. The summed E-state index contributed by atoms with van der Waals surface area (Å²) in [7, 11) is 0. The Morgan fingerprint density at radius 3 is 0.393 bits per heavy atom. The third-order valence-electron chi connectivity index (χ3n) is 7.64. The quantitative estimate of drug-likeness (QED) is 0.0358. The van der Waals surface area contributed by atoms with E-state index in [1.165, 1.54) is 0 Å². The van der Waals surface area contributed by atoms with E-state index < -0.39 is 182 Å². The van der Waals surface area contributed by atoms with E-state index in [1.54, 1.807) is 0 Å². The van der Waals surface area contributed by atoms with Crippen molar-refractivity contribution in [3.8, 4) is 0 Å². The Morgan fingerprint density at radius 1 is 0.213 bits per heavy atom. The molecule has 61 heavy (non-hydrogen) atoms. The van der Waals surface area contributed by atoms with E-state index in [4.69, 9.17) is 148 Å². The van der Waals surface area contributed by atoms with Gasteiger partial charge in [-0.15, -0.1) is 0 Å². The normalized spacial score (nSPS) is 21.3. The molecule has 0 heterocycles. The highest BCUT2D eigenvalue weighted by Crippen LogP contribution is 2.07. The summed E-state index contributed by atoms with van der Waals surface area (Å²) in [5, 5.41) is 253. The molecule has 0 spiro atoms. The van der Waals surface area contributed by atoms with Gasteiger partial charge < -0.3 is 153 Å². The van der Waals surface area contributed by atoms with Gasteiger partial charge >= 0.3 is 0 Å². The number of hydrogen-bond acceptors (Lipinski definition) is 31. The highest BCUT2D eigenvalue weighted by molar-refractivity contribution is 4.83. The molecule has 0 aliphatic carbocycles. The molecule has 0 bridgehead atoms. The lowest BCUT2D eigenvalue weighted by molar-refractivity contribution is -0.129. The predicted octanol–water partition coefficient (Wildman–Crippen LogP) is -18.0. The molecule has 0 saturated carbocycles. The summed E-state index contributed by atoms with van der Waals surface area (Å²) < 4.78 is 0. The minimum atomic E-state index is -1.67. The maximum atomic E-state index is 9.11. The molecule has 31 heteroatoms. The highest BCUT2D eigenvalue weighted by Gasteiger charge is 2.33. The molecule has 0 aromatic carbocycles. The smallest absolute Gasteiger partial charge is 0.111 e. The van der Waals surface area contributed by atoms with Gasteiger partial charge in [0, 0.05) is 0 Å². The molecule has 0 fully saturated rings. The Hall–Kier alpha value is -1.24. The van der Waals surface area contributed by atoms with Gasteiger partial charge in [0.15, 0.2) is 0 Å². The van der Waals surface area contributed by atoms with E-state index >= 15 is 0 Å². The number of aliphatic hydroxyl groups excluding tert-OH is 29. The zero-order valence-electron chi connectivity index (χ0n) is 32.6. The van der Waals surface area contributed by atoms with Crippen LogP contribution in [0.2, 0.25) is 0 Å². The average molecular weight is 926 g/mol. The Morgan fingerprint density at radius 2 is 0.311 bits per heavy atom. The van der Waals surface area contributed by atoms with Crippen molar-refractivity contribution >= 4 is 0 Å². The molecule has 0 unspecified atom stereocenters. The molecular weight excluding hydrogens is 854 g/mol. The minimum Gasteiger partial charge on any atom is -0.394 e. The Bertz CT molecular complexity index is 773. The third-order valence-corrected chi connectivity index (χ3v) is 7.64. The second-order valence-electron chi connectivity index (χ2n) is 12.6. The standard InChI is InChI=1S/C6H15NO6.4C6H14O6/c7-13-2-4(10)6(12)5(11)3(9)1-8;4*7-1-3(9)5(11)6(12)4(10)2-8/h3-6,8-12H,1-2,7H2;4*3-12H,1-2H2/t5*3-,4-,5-,6-/m11111/s1. The summed E-state index contributed by atoms with van der Waals surface area (Å²) in [4.78, 5) is 4.02. The highest BCUT2D eigenvalue weighted by atomic mass is 16.6. The number of nitrogens with two attached hydrogens (primary N) is 1. The van der Waals surface area contributed by atoms with Gasteiger partial charge in [0.25, 0.3) is 0 Å². The SMILES string of the molecule is NOC[C@@H](O)[C@@H](O)[C@H](O)[C@H](O)CO.OC[C@@H](O)[C@@H](O)[C@H](O)[C@H](O)CO.OC[C@@H](O)[C@@H](O)[C@H](O)[C@H](O)CO.OC[C@@H](O)[C@@H](O)[C@H](O)[C@H](O)CO.OC[C@@H](O)[C@@H](O)[C@H](O)[C@H](O)CO. The topological polar surface area (TPSA) is 622 Å². The van der Waals surface area contributed by atoms with Gasteiger partial charge in [0.2, 0.25) is 0 Å². The monoisotopic (exact) mass is 925 g/mol. The van der Waals surface area contributed by atoms with Crippen LogP contribution in [0.15, 0.2) is 0 Å². The van der Waals surface area contributed by atoms with Crippen molar-refractivity contribution in [3.05, 3.63) is 0 Å². The van der Waals surface area contributed by atoms with E-state index in [0.29, 0.717) is 0 Å². The van der Waals surface area contributed by atoms with Gasteiger partial charge in [0.05, 0.1) is 66.1 Å². The number of aliphatic hydroxyl groups is 29. The van der Waals surface area contributed by atoms with Crippen molar-refractivity contribution in [2.45, 2.75) is 122 Å². The molecule has 0 aliphatic rings. The lowest BCUT2D eigenvalue weighted by Gasteiger charge is -2.24. The van der Waals surface area contributed by atoms with E-state index in [0.717, 1.165) is 0 Å². The van der Waals surface area contributed by atoms with E-state index in [2.05, 4.69) is 10.7 Å². The van der Waals surface area contributed by atoms with Gasteiger partial charge in [-0.25, -0.2) is 5.90 Å². The number of hydrogen-bond donors (Lipinski definition) is 30. The Balaban J connectivity index is -0.000000214. The molecular formula is C30H71NO30. The van der Waals surface area contributed by atoms with Gasteiger partial charge in [-0.05, 0) is 0 Å². The molecule has 31 N–H and O–H groups in total. The summed E-state index contributed by atoms with van der Waals surface area (Å²) in [5.41, 5.74) is 0. The summed E-state index contributed by atoms with van der Waals surface area (Å²) in [6.07, 6.45) is -31.8. The van der Waals surface area contributed by atoms with Crippen LogP contribution in [0.1, 0.15) is 0 Å². The zero-order valence-corrected chi connectivity index (χ0v) is 32.6. The largest absolute Gasteiger partial charge is 0.394 e. The van der Waals surface area contributed by atoms with Crippen LogP contribution in [0.3, 0.4) is 0 Å². The van der Waals surface area contributed by atoms with Crippen LogP contribution in [0, 0.1) is 0 Å². The van der Waals surface area contributed by atoms with Crippen LogP contribution in [-0.2, 0) is 4.84 Å². The van der Waals surface area contributed by atoms with Crippen LogP contribution < -0.4 is 5.90 Å².